The molecule has 0 saturated carbocycles. The summed E-state index contributed by atoms with van der Waals surface area (Å²) >= 11 is 0. The minimum absolute atomic E-state index is 0.471. The molecule has 0 atom stereocenters. The van der Waals surface area contributed by atoms with Gasteiger partial charge in [-0.2, -0.15) is 0 Å². The summed E-state index contributed by atoms with van der Waals surface area (Å²) in [6.45, 7) is 2.09. The zero-order valence-electron chi connectivity index (χ0n) is 13.1. The molecule has 0 radical (unpaired) electrons. The molecule has 1 amide bonds. The van der Waals surface area contributed by atoms with E-state index < -0.39 is 11.7 Å². The van der Waals surface area contributed by atoms with Crippen molar-refractivity contribution in [3.8, 4) is 0 Å². The molecule has 0 saturated heterocycles. The summed E-state index contributed by atoms with van der Waals surface area (Å²) in [5.74, 6) is -1.04. The molecule has 0 unspecified atom stereocenters. The normalized spacial score (nSPS) is 12.5. The molecule has 3 nitrogen and oxygen atoms in total. The number of Topliss-reactive ketones (excluding diaryl/α,β-unsaturated/α-hetero) is 1. The number of carbonyl (C=O) groups excluding carboxylic acids is 2. The van der Waals surface area contributed by atoms with Gasteiger partial charge in [0.05, 0.1) is 0 Å². The molecule has 0 aliphatic heterocycles. The first-order valence-corrected chi connectivity index (χ1v) is 7.92. The van der Waals surface area contributed by atoms with E-state index >= 15 is 0 Å². The number of carbonyl (C=O) groups is 2. The van der Waals surface area contributed by atoms with Crippen LogP contribution in [-0.4, -0.2) is 11.7 Å². The largest absolute Gasteiger partial charge is 0.319 e. The fourth-order valence-electron chi connectivity index (χ4n) is 2.93. The Labute approximate surface area is 136 Å². The van der Waals surface area contributed by atoms with Gasteiger partial charge in [-0.25, -0.2) is 0 Å². The number of anilines is 1. The van der Waals surface area contributed by atoms with E-state index in [9.17, 15) is 9.59 Å². The minimum Gasteiger partial charge on any atom is -0.319 e. The fourth-order valence-corrected chi connectivity index (χ4v) is 2.93. The van der Waals surface area contributed by atoms with Crippen LogP contribution in [0.5, 0.6) is 0 Å². The number of fused-ring (bicyclic) bond motifs is 1. The van der Waals surface area contributed by atoms with Crippen LogP contribution in [-0.2, 0) is 22.4 Å². The lowest BCUT2D eigenvalue weighted by atomic mass is 10.0. The highest BCUT2D eigenvalue weighted by Crippen LogP contribution is 2.28. The fraction of sp³-hybridized carbons (Fsp3) is 0.200. The molecule has 1 aliphatic carbocycles. The monoisotopic (exact) mass is 305 g/mol. The van der Waals surface area contributed by atoms with E-state index in [-0.39, 0.29) is 0 Å². The zero-order valence-corrected chi connectivity index (χ0v) is 13.1. The third-order valence-electron chi connectivity index (χ3n) is 4.07. The molecule has 2 aromatic rings. The Morgan fingerprint density at radius 3 is 2.61 bits per heavy atom. The average Bonchev–Trinajstić information content (AvgIpc) is 3.00. The predicted octanol–water partition coefficient (Wildman–Crippen LogP) is 3.79. The van der Waals surface area contributed by atoms with E-state index in [4.69, 9.17) is 0 Å². The standard InChI is InChI=1S/C20H19NO2/c1-2-7-15-9-4-6-11-18(15)21-20(23)19(22)17-13-12-14-8-3-5-10-16(14)17/h3-6,8-11,13H,2,7,12H2,1H3,(H,21,23). The number of hydrogen-bond donors (Lipinski definition) is 1. The minimum atomic E-state index is -0.573. The Hall–Kier alpha value is -2.68. The second-order valence-electron chi connectivity index (χ2n) is 5.67. The first-order chi connectivity index (χ1) is 11.2. The van der Waals surface area contributed by atoms with Gasteiger partial charge in [-0.15, -0.1) is 0 Å². The first kappa shape index (κ1) is 15.2. The van der Waals surface area contributed by atoms with Crippen LogP contribution in [0.1, 0.15) is 30.0 Å². The number of para-hydroxylation sites is 1. The van der Waals surface area contributed by atoms with E-state index in [1.54, 1.807) is 0 Å². The van der Waals surface area contributed by atoms with Crippen LogP contribution < -0.4 is 5.32 Å². The van der Waals surface area contributed by atoms with Gasteiger partial charge in [-0.3, -0.25) is 9.59 Å². The maximum absolute atomic E-state index is 12.5. The van der Waals surface area contributed by atoms with Crippen molar-refractivity contribution in [1.82, 2.24) is 0 Å². The summed E-state index contributed by atoms with van der Waals surface area (Å²) in [6.07, 6.45) is 4.40. The predicted molar refractivity (Wildman–Crippen MR) is 92.2 cm³/mol. The van der Waals surface area contributed by atoms with Crippen molar-refractivity contribution < 1.29 is 9.59 Å². The van der Waals surface area contributed by atoms with Gasteiger partial charge in [-0.1, -0.05) is 61.9 Å². The third kappa shape index (κ3) is 3.09. The van der Waals surface area contributed by atoms with Crippen LogP contribution >= 0.6 is 0 Å². The van der Waals surface area contributed by atoms with Crippen LogP contribution in [0.25, 0.3) is 5.57 Å². The molecule has 0 bridgehead atoms. The summed E-state index contributed by atoms with van der Waals surface area (Å²) in [5.41, 5.74) is 4.24. The summed E-state index contributed by atoms with van der Waals surface area (Å²) in [7, 11) is 0. The lowest BCUT2D eigenvalue weighted by Crippen LogP contribution is -2.24. The molecule has 3 heteroatoms. The molecular formula is C20H19NO2. The Morgan fingerprint density at radius 1 is 1.04 bits per heavy atom. The topological polar surface area (TPSA) is 46.2 Å². The van der Waals surface area contributed by atoms with Crippen molar-refractivity contribution >= 4 is 23.0 Å². The van der Waals surface area contributed by atoms with Gasteiger partial charge in [-0.05, 0) is 35.6 Å². The Kier molecular flexibility index (Phi) is 4.38. The molecule has 0 aromatic heterocycles. The first-order valence-electron chi connectivity index (χ1n) is 7.92. The molecule has 0 spiro atoms. The molecular weight excluding hydrogens is 286 g/mol. The van der Waals surface area contributed by atoms with Crippen LogP contribution in [0.3, 0.4) is 0 Å². The number of allylic oxidation sites excluding steroid dienone is 1. The van der Waals surface area contributed by atoms with Gasteiger partial charge in [0.1, 0.15) is 0 Å². The molecule has 0 heterocycles. The lowest BCUT2D eigenvalue weighted by Gasteiger charge is -2.10. The quantitative estimate of drug-likeness (QED) is 0.854. The number of rotatable bonds is 5. The molecule has 23 heavy (non-hydrogen) atoms. The van der Waals surface area contributed by atoms with E-state index in [1.807, 2.05) is 54.6 Å². The van der Waals surface area contributed by atoms with Crippen molar-refractivity contribution in [2.24, 2.45) is 0 Å². The smallest absolute Gasteiger partial charge is 0.296 e. The Balaban J connectivity index is 1.79. The number of ketones is 1. The second-order valence-corrected chi connectivity index (χ2v) is 5.67. The summed E-state index contributed by atoms with van der Waals surface area (Å²) in [6, 6.07) is 15.3. The van der Waals surface area contributed by atoms with Crippen molar-refractivity contribution in [3.05, 3.63) is 71.3 Å². The van der Waals surface area contributed by atoms with E-state index in [1.165, 1.54) is 0 Å². The molecule has 1 aliphatic rings. The summed E-state index contributed by atoms with van der Waals surface area (Å²) < 4.78 is 0. The molecule has 0 fully saturated rings. The van der Waals surface area contributed by atoms with E-state index in [0.29, 0.717) is 12.0 Å². The van der Waals surface area contributed by atoms with Crippen LogP contribution in [0.2, 0.25) is 0 Å². The van der Waals surface area contributed by atoms with Crippen molar-refractivity contribution in [2.45, 2.75) is 26.2 Å². The zero-order chi connectivity index (χ0) is 16.2. The van der Waals surface area contributed by atoms with Crippen LogP contribution in [0.15, 0.2) is 54.6 Å². The van der Waals surface area contributed by atoms with Gasteiger partial charge in [0.15, 0.2) is 0 Å². The number of nitrogens with one attached hydrogen (secondary N) is 1. The molecule has 1 N–H and O–H groups in total. The number of amides is 1. The van der Waals surface area contributed by atoms with E-state index in [0.717, 1.165) is 35.2 Å². The van der Waals surface area contributed by atoms with Gasteiger partial charge in [0.2, 0.25) is 0 Å². The maximum Gasteiger partial charge on any atom is 0.296 e. The summed E-state index contributed by atoms with van der Waals surface area (Å²) in [4.78, 5) is 24.9. The van der Waals surface area contributed by atoms with E-state index in [2.05, 4.69) is 12.2 Å². The third-order valence-corrected chi connectivity index (χ3v) is 4.07. The SMILES string of the molecule is CCCc1ccccc1NC(=O)C(=O)C1=CCc2ccccc21. The molecule has 116 valence electrons. The van der Waals surface area contributed by atoms with Gasteiger partial charge in [0, 0.05) is 11.3 Å². The molecule has 3 rings (SSSR count). The van der Waals surface area contributed by atoms with Crippen molar-refractivity contribution in [2.75, 3.05) is 5.32 Å². The van der Waals surface area contributed by atoms with Crippen molar-refractivity contribution in [3.63, 3.8) is 0 Å². The number of benzene rings is 2. The van der Waals surface area contributed by atoms with Gasteiger partial charge >= 0.3 is 0 Å². The highest BCUT2D eigenvalue weighted by atomic mass is 16.2. The lowest BCUT2D eigenvalue weighted by molar-refractivity contribution is -0.131. The number of hydrogen-bond acceptors (Lipinski definition) is 2. The maximum atomic E-state index is 12.5. The highest BCUT2D eigenvalue weighted by molar-refractivity contribution is 6.56. The highest BCUT2D eigenvalue weighted by Gasteiger charge is 2.25. The Morgan fingerprint density at radius 2 is 1.78 bits per heavy atom. The second kappa shape index (κ2) is 6.61. The van der Waals surface area contributed by atoms with Crippen molar-refractivity contribution in [1.29, 1.82) is 0 Å². The Bertz CT molecular complexity index is 790. The number of aryl methyl sites for hydroxylation is 1. The van der Waals surface area contributed by atoms with Crippen LogP contribution in [0, 0.1) is 0 Å². The molecule has 2 aromatic carbocycles. The average molecular weight is 305 g/mol. The van der Waals surface area contributed by atoms with Gasteiger partial charge < -0.3 is 5.32 Å². The van der Waals surface area contributed by atoms with Crippen LogP contribution in [0.4, 0.5) is 5.69 Å². The summed E-state index contributed by atoms with van der Waals surface area (Å²) in [5, 5.41) is 2.77. The van der Waals surface area contributed by atoms with Gasteiger partial charge in [0.25, 0.3) is 11.7 Å².